The first-order valence-corrected chi connectivity index (χ1v) is 16.3. The molecule has 1 aliphatic heterocycles. The van der Waals surface area contributed by atoms with Gasteiger partial charge < -0.3 is 10.0 Å². The van der Waals surface area contributed by atoms with Crippen molar-refractivity contribution in [2.45, 2.75) is 142 Å². The lowest BCUT2D eigenvalue weighted by Crippen LogP contribution is -2.57. The number of fused-ring (bicyclic) bond motifs is 5. The molecule has 4 saturated carbocycles. The summed E-state index contributed by atoms with van der Waals surface area (Å²) in [4.78, 5) is 26.7. The van der Waals surface area contributed by atoms with E-state index in [-0.39, 0.29) is 11.5 Å². The maximum absolute atomic E-state index is 12.5. The topological polar surface area (TPSA) is 57.6 Å². The standard InChI is InChI=1S/C33H55NO3/c1-32-18-16-26(35)23-25(32)22-24(31-27-14-15-29(36)33(27,2)19-17-28(31)32)12-8-6-4-3-5-7-9-13-30(37)34-20-10-11-21-34/h24-25,27-29,31,36H,3-23H2,1-2H3/t24?,25?,27-,28+,29?,31-,32-,33-/m0/s1. The zero-order valence-electron chi connectivity index (χ0n) is 24.0. The molecule has 0 aromatic carbocycles. The van der Waals surface area contributed by atoms with E-state index in [4.69, 9.17) is 0 Å². The summed E-state index contributed by atoms with van der Waals surface area (Å²) in [5.41, 5.74) is 0.476. The molecule has 5 fully saturated rings. The minimum absolute atomic E-state index is 0.108. The number of Topliss-reactive ketones (excluding diaryl/α,β-unsaturated/α-hetero) is 1. The zero-order valence-corrected chi connectivity index (χ0v) is 24.0. The van der Waals surface area contributed by atoms with Crippen LogP contribution in [0.15, 0.2) is 0 Å². The Bertz CT molecular complexity index is 805. The second kappa shape index (κ2) is 11.7. The zero-order chi connectivity index (χ0) is 26.0. The van der Waals surface area contributed by atoms with Gasteiger partial charge in [-0.25, -0.2) is 0 Å². The predicted molar refractivity (Wildman–Crippen MR) is 149 cm³/mol. The Morgan fingerprint density at radius 2 is 1.57 bits per heavy atom. The summed E-state index contributed by atoms with van der Waals surface area (Å²) < 4.78 is 0. The van der Waals surface area contributed by atoms with Gasteiger partial charge in [-0.15, -0.1) is 0 Å². The lowest BCUT2D eigenvalue weighted by atomic mass is 9.42. The summed E-state index contributed by atoms with van der Waals surface area (Å²) in [5.74, 6) is 4.45. The quantitative estimate of drug-likeness (QED) is 0.311. The van der Waals surface area contributed by atoms with E-state index in [0.717, 1.165) is 69.4 Å². The monoisotopic (exact) mass is 513 g/mol. The normalized spacial score (nSPS) is 41.4. The first-order chi connectivity index (χ1) is 17.8. The molecule has 3 unspecified atom stereocenters. The van der Waals surface area contributed by atoms with Crippen LogP contribution in [0.2, 0.25) is 0 Å². The number of carbonyl (C=O) groups is 2. The highest BCUT2D eigenvalue weighted by Crippen LogP contribution is 2.67. The van der Waals surface area contributed by atoms with Crippen molar-refractivity contribution < 1.29 is 14.7 Å². The van der Waals surface area contributed by atoms with Crippen LogP contribution in [0.3, 0.4) is 0 Å². The van der Waals surface area contributed by atoms with E-state index in [2.05, 4.69) is 18.7 Å². The third-order valence-corrected chi connectivity index (χ3v) is 12.5. The van der Waals surface area contributed by atoms with E-state index in [0.29, 0.717) is 28.9 Å². The third-order valence-electron chi connectivity index (χ3n) is 12.5. The summed E-state index contributed by atoms with van der Waals surface area (Å²) in [6.45, 7) is 6.92. The van der Waals surface area contributed by atoms with Crippen molar-refractivity contribution in [1.29, 1.82) is 0 Å². The minimum atomic E-state index is -0.108. The molecular weight excluding hydrogens is 458 g/mol. The van der Waals surface area contributed by atoms with Crippen LogP contribution in [0.4, 0.5) is 0 Å². The number of aliphatic hydroxyl groups is 1. The number of nitrogens with zero attached hydrogens (tertiary/aromatic N) is 1. The van der Waals surface area contributed by atoms with Crippen molar-refractivity contribution in [2.24, 2.45) is 40.4 Å². The van der Waals surface area contributed by atoms with Crippen molar-refractivity contribution in [3.63, 3.8) is 0 Å². The van der Waals surface area contributed by atoms with Crippen LogP contribution in [-0.2, 0) is 9.59 Å². The maximum atomic E-state index is 12.5. The largest absolute Gasteiger partial charge is 0.393 e. The Hall–Kier alpha value is -0.900. The van der Waals surface area contributed by atoms with Crippen LogP contribution in [-0.4, -0.2) is 40.9 Å². The van der Waals surface area contributed by atoms with Gasteiger partial charge in [-0.1, -0.05) is 58.8 Å². The molecule has 1 heterocycles. The fraction of sp³-hybridized carbons (Fsp3) is 0.939. The molecule has 1 N–H and O–H groups in total. The molecule has 0 bridgehead atoms. The molecule has 210 valence electrons. The first kappa shape index (κ1) is 27.7. The second-order valence-corrected chi connectivity index (χ2v) is 14.5. The lowest BCUT2D eigenvalue weighted by Gasteiger charge is -2.62. The highest BCUT2D eigenvalue weighted by Gasteiger charge is 2.62. The van der Waals surface area contributed by atoms with E-state index >= 15 is 0 Å². The summed E-state index contributed by atoms with van der Waals surface area (Å²) in [6.07, 6.45) is 21.8. The van der Waals surface area contributed by atoms with Gasteiger partial charge in [-0.05, 0) is 98.2 Å². The number of amides is 1. The summed E-state index contributed by atoms with van der Waals surface area (Å²) in [7, 11) is 0. The van der Waals surface area contributed by atoms with Crippen molar-refractivity contribution in [1.82, 2.24) is 4.90 Å². The predicted octanol–water partition coefficient (Wildman–Crippen LogP) is 7.32. The lowest BCUT2D eigenvalue weighted by molar-refractivity contribution is -0.156. The smallest absolute Gasteiger partial charge is 0.222 e. The van der Waals surface area contributed by atoms with Gasteiger partial charge in [-0.2, -0.15) is 0 Å². The number of hydrogen-bond donors (Lipinski definition) is 1. The molecule has 4 aliphatic carbocycles. The Kier molecular flexibility index (Phi) is 8.74. The molecular formula is C33H55NO3. The molecule has 37 heavy (non-hydrogen) atoms. The number of hydrogen-bond acceptors (Lipinski definition) is 3. The molecule has 1 amide bonds. The minimum Gasteiger partial charge on any atom is -0.393 e. The van der Waals surface area contributed by atoms with Gasteiger partial charge in [0.2, 0.25) is 5.91 Å². The van der Waals surface area contributed by atoms with E-state index in [1.807, 2.05) is 0 Å². The number of aliphatic hydroxyl groups excluding tert-OH is 1. The molecule has 4 nitrogen and oxygen atoms in total. The van der Waals surface area contributed by atoms with Crippen molar-refractivity contribution >= 4 is 11.7 Å². The van der Waals surface area contributed by atoms with Crippen LogP contribution < -0.4 is 0 Å². The summed E-state index contributed by atoms with van der Waals surface area (Å²) >= 11 is 0. The maximum Gasteiger partial charge on any atom is 0.222 e. The van der Waals surface area contributed by atoms with Crippen LogP contribution in [0, 0.1) is 40.4 Å². The number of unbranched alkanes of at least 4 members (excludes halogenated alkanes) is 6. The Morgan fingerprint density at radius 3 is 2.32 bits per heavy atom. The number of ketones is 1. The van der Waals surface area contributed by atoms with Gasteiger partial charge in [0.05, 0.1) is 6.10 Å². The summed E-state index contributed by atoms with van der Waals surface area (Å²) in [6, 6.07) is 0. The van der Waals surface area contributed by atoms with Gasteiger partial charge in [-0.3, -0.25) is 9.59 Å². The van der Waals surface area contributed by atoms with Gasteiger partial charge in [0.15, 0.2) is 0 Å². The molecule has 0 aromatic heterocycles. The van der Waals surface area contributed by atoms with Crippen molar-refractivity contribution in [2.75, 3.05) is 13.1 Å². The molecule has 0 aromatic rings. The number of rotatable bonds is 10. The molecule has 4 heteroatoms. The van der Waals surface area contributed by atoms with E-state index in [9.17, 15) is 14.7 Å². The van der Waals surface area contributed by atoms with Gasteiger partial charge >= 0.3 is 0 Å². The Balaban J connectivity index is 1.09. The highest BCUT2D eigenvalue weighted by atomic mass is 16.3. The average molecular weight is 514 g/mol. The van der Waals surface area contributed by atoms with Gasteiger partial charge in [0, 0.05) is 32.4 Å². The fourth-order valence-corrected chi connectivity index (χ4v) is 10.2. The molecule has 8 atom stereocenters. The van der Waals surface area contributed by atoms with Crippen LogP contribution >= 0.6 is 0 Å². The molecule has 0 spiro atoms. The summed E-state index contributed by atoms with van der Waals surface area (Å²) in [5, 5.41) is 10.9. The Morgan fingerprint density at radius 1 is 0.892 bits per heavy atom. The van der Waals surface area contributed by atoms with Gasteiger partial charge in [0.1, 0.15) is 5.78 Å². The van der Waals surface area contributed by atoms with E-state index in [1.54, 1.807) is 0 Å². The van der Waals surface area contributed by atoms with Crippen LogP contribution in [0.5, 0.6) is 0 Å². The molecule has 5 aliphatic rings. The van der Waals surface area contributed by atoms with Gasteiger partial charge in [0.25, 0.3) is 0 Å². The van der Waals surface area contributed by atoms with Crippen LogP contribution in [0.1, 0.15) is 136 Å². The first-order valence-electron chi connectivity index (χ1n) is 16.3. The van der Waals surface area contributed by atoms with E-state index in [1.165, 1.54) is 83.5 Å². The molecule has 5 rings (SSSR count). The second-order valence-electron chi connectivity index (χ2n) is 14.5. The SMILES string of the molecule is C[C@]12CCC(=O)CC1CC(CCCCCCCCCC(=O)N1CCCC1)[C@@H]1[C@H]2CC[C@]2(C)C(O)CC[C@@H]12. The Labute approximate surface area is 226 Å². The fourth-order valence-electron chi connectivity index (χ4n) is 10.2. The number of carbonyl (C=O) groups excluding carboxylic acids is 2. The van der Waals surface area contributed by atoms with E-state index < -0.39 is 0 Å². The number of likely N-dealkylation sites (tertiary alicyclic amines) is 1. The average Bonchev–Trinajstić information content (AvgIpc) is 3.52. The third kappa shape index (κ3) is 5.57. The highest BCUT2D eigenvalue weighted by molar-refractivity contribution is 5.79. The molecule has 0 radical (unpaired) electrons. The van der Waals surface area contributed by atoms with Crippen molar-refractivity contribution in [3.8, 4) is 0 Å². The van der Waals surface area contributed by atoms with Crippen molar-refractivity contribution in [3.05, 3.63) is 0 Å². The van der Waals surface area contributed by atoms with Crippen LogP contribution in [0.25, 0.3) is 0 Å². The molecule has 1 saturated heterocycles.